The highest BCUT2D eigenvalue weighted by Gasteiger charge is 2.29. The summed E-state index contributed by atoms with van der Waals surface area (Å²) in [5.74, 6) is 0.524. The zero-order chi connectivity index (χ0) is 18.8. The molecule has 1 aliphatic heterocycles. The van der Waals surface area contributed by atoms with Crippen molar-refractivity contribution in [1.82, 2.24) is 15.4 Å². The van der Waals surface area contributed by atoms with Gasteiger partial charge in [0.15, 0.2) is 0 Å². The van der Waals surface area contributed by atoms with Crippen LogP contribution >= 0.6 is 0 Å². The summed E-state index contributed by atoms with van der Waals surface area (Å²) in [5.41, 5.74) is 4.55. The summed E-state index contributed by atoms with van der Waals surface area (Å²) < 4.78 is 4.98. The first-order chi connectivity index (χ1) is 13.1. The molecular formula is C21H25N3O3. The fourth-order valence-electron chi connectivity index (χ4n) is 4.09. The Bertz CT molecular complexity index is 850. The summed E-state index contributed by atoms with van der Waals surface area (Å²) in [6.07, 6.45) is 6.39. The Balaban J connectivity index is 1.27. The summed E-state index contributed by atoms with van der Waals surface area (Å²) in [6, 6.07) is 6.54. The number of hydrogen-bond donors (Lipinski definition) is 1. The van der Waals surface area contributed by atoms with Gasteiger partial charge in [0.25, 0.3) is 5.91 Å². The quantitative estimate of drug-likeness (QED) is 0.901. The molecule has 4 rings (SSSR count). The van der Waals surface area contributed by atoms with Gasteiger partial charge >= 0.3 is 0 Å². The van der Waals surface area contributed by atoms with Gasteiger partial charge in [-0.25, -0.2) is 0 Å². The lowest BCUT2D eigenvalue weighted by molar-refractivity contribution is -0.126. The second kappa shape index (κ2) is 7.55. The smallest absolute Gasteiger partial charge is 0.259 e. The molecule has 2 aromatic rings. The second-order valence-electron chi connectivity index (χ2n) is 7.54. The number of piperidine rings is 1. The molecule has 1 N–H and O–H groups in total. The largest absolute Gasteiger partial charge is 0.361 e. The molecule has 0 bridgehead atoms. The van der Waals surface area contributed by atoms with Crippen LogP contribution in [0.2, 0.25) is 0 Å². The van der Waals surface area contributed by atoms with Gasteiger partial charge in [-0.05, 0) is 55.7 Å². The molecule has 142 valence electrons. The molecule has 0 saturated carbocycles. The number of carbonyl (C=O) groups is 2. The minimum absolute atomic E-state index is 0.0351. The van der Waals surface area contributed by atoms with E-state index >= 15 is 0 Å². The number of carbonyl (C=O) groups excluding carboxylic acids is 2. The third-order valence-corrected chi connectivity index (χ3v) is 5.76. The normalized spacial score (nSPS) is 17.0. The van der Waals surface area contributed by atoms with Gasteiger partial charge in [-0.1, -0.05) is 23.4 Å². The fourth-order valence-corrected chi connectivity index (χ4v) is 4.09. The number of amides is 2. The van der Waals surface area contributed by atoms with Crippen molar-refractivity contribution in [2.24, 2.45) is 5.92 Å². The van der Waals surface area contributed by atoms with Gasteiger partial charge in [0.05, 0.1) is 6.20 Å². The number of fused-ring (bicyclic) bond motifs is 1. The van der Waals surface area contributed by atoms with Crippen LogP contribution < -0.4 is 5.32 Å². The van der Waals surface area contributed by atoms with E-state index in [2.05, 4.69) is 28.7 Å². The van der Waals surface area contributed by atoms with E-state index < -0.39 is 0 Å². The highest BCUT2D eigenvalue weighted by Crippen LogP contribution is 2.23. The summed E-state index contributed by atoms with van der Waals surface area (Å²) in [7, 11) is 0. The number of aromatic nitrogens is 1. The van der Waals surface area contributed by atoms with Crippen molar-refractivity contribution in [3.05, 3.63) is 52.4 Å². The van der Waals surface area contributed by atoms with Crippen LogP contribution in [0.3, 0.4) is 0 Å². The maximum Gasteiger partial charge on any atom is 0.259 e. The first kappa shape index (κ1) is 17.8. The van der Waals surface area contributed by atoms with E-state index in [0.717, 1.165) is 6.42 Å². The number of likely N-dealkylation sites (tertiary alicyclic amines) is 1. The van der Waals surface area contributed by atoms with Crippen LogP contribution in [0.4, 0.5) is 0 Å². The lowest BCUT2D eigenvalue weighted by Crippen LogP contribution is -2.43. The topological polar surface area (TPSA) is 75.4 Å². The second-order valence-corrected chi connectivity index (χ2v) is 7.54. The molecule has 1 aliphatic carbocycles. The van der Waals surface area contributed by atoms with E-state index in [1.54, 1.807) is 11.8 Å². The van der Waals surface area contributed by atoms with Crippen molar-refractivity contribution in [1.29, 1.82) is 0 Å². The van der Waals surface area contributed by atoms with Gasteiger partial charge in [0.2, 0.25) is 5.91 Å². The number of aryl methyl sites for hydroxylation is 3. The number of nitrogens with zero attached hydrogens (tertiary/aromatic N) is 2. The Morgan fingerprint density at radius 2 is 2.00 bits per heavy atom. The van der Waals surface area contributed by atoms with Crippen molar-refractivity contribution in [3.8, 4) is 0 Å². The van der Waals surface area contributed by atoms with Crippen LogP contribution in [0.25, 0.3) is 0 Å². The Hall–Kier alpha value is -2.63. The van der Waals surface area contributed by atoms with Crippen LogP contribution in [0.1, 0.15) is 52.1 Å². The molecule has 0 atom stereocenters. The van der Waals surface area contributed by atoms with Crippen LogP contribution in [-0.4, -0.2) is 35.0 Å². The van der Waals surface area contributed by atoms with Gasteiger partial charge in [0, 0.05) is 25.6 Å². The van der Waals surface area contributed by atoms with Gasteiger partial charge in [-0.3, -0.25) is 9.59 Å². The molecule has 1 aromatic heterocycles. The molecule has 0 unspecified atom stereocenters. The molecule has 0 radical (unpaired) electrons. The SMILES string of the molecule is Cc1oncc1C(=O)N1CCC(C(=O)NCc2ccc3c(c2)CCC3)CC1. The third kappa shape index (κ3) is 3.75. The molecule has 2 aliphatic rings. The molecule has 6 nitrogen and oxygen atoms in total. The Morgan fingerprint density at radius 1 is 1.22 bits per heavy atom. The van der Waals surface area contributed by atoms with Gasteiger partial charge < -0.3 is 14.7 Å². The molecule has 1 fully saturated rings. The predicted octanol–water partition coefficient (Wildman–Crippen LogP) is 2.64. The summed E-state index contributed by atoms with van der Waals surface area (Å²) in [4.78, 5) is 26.8. The van der Waals surface area contributed by atoms with Crippen molar-refractivity contribution in [2.75, 3.05) is 13.1 Å². The molecule has 0 spiro atoms. The first-order valence-electron chi connectivity index (χ1n) is 9.71. The summed E-state index contributed by atoms with van der Waals surface area (Å²) in [5, 5.41) is 6.74. The minimum atomic E-state index is -0.0641. The first-order valence-corrected chi connectivity index (χ1v) is 9.71. The monoisotopic (exact) mass is 367 g/mol. The number of rotatable bonds is 4. The van der Waals surface area contributed by atoms with E-state index in [4.69, 9.17) is 4.52 Å². The average Bonchev–Trinajstić information content (AvgIpc) is 3.33. The Kier molecular flexibility index (Phi) is 4.97. The number of hydrogen-bond acceptors (Lipinski definition) is 4. The number of nitrogens with one attached hydrogen (secondary N) is 1. The Labute approximate surface area is 158 Å². The molecule has 2 amide bonds. The lowest BCUT2D eigenvalue weighted by Gasteiger charge is -2.31. The zero-order valence-electron chi connectivity index (χ0n) is 15.7. The fraction of sp³-hybridized carbons (Fsp3) is 0.476. The number of benzene rings is 1. The highest BCUT2D eigenvalue weighted by atomic mass is 16.5. The van der Waals surface area contributed by atoms with Crippen molar-refractivity contribution in [3.63, 3.8) is 0 Å². The predicted molar refractivity (Wildman–Crippen MR) is 100 cm³/mol. The van der Waals surface area contributed by atoms with Gasteiger partial charge in [-0.2, -0.15) is 0 Å². The molecule has 2 heterocycles. The average molecular weight is 367 g/mol. The summed E-state index contributed by atoms with van der Waals surface area (Å²) in [6.45, 7) is 3.48. The van der Waals surface area contributed by atoms with Crippen LogP contribution in [0, 0.1) is 12.8 Å². The molecule has 1 aromatic carbocycles. The van der Waals surface area contributed by atoms with E-state index in [-0.39, 0.29) is 17.7 Å². The minimum Gasteiger partial charge on any atom is -0.361 e. The molecule has 6 heteroatoms. The van der Waals surface area contributed by atoms with Gasteiger partial charge in [-0.15, -0.1) is 0 Å². The van der Waals surface area contributed by atoms with Crippen molar-refractivity contribution >= 4 is 11.8 Å². The van der Waals surface area contributed by atoms with Crippen molar-refractivity contribution in [2.45, 2.75) is 45.6 Å². The van der Waals surface area contributed by atoms with Crippen LogP contribution in [-0.2, 0) is 24.2 Å². The standard InChI is InChI=1S/C21H25N3O3/c1-14-19(13-23-27-14)21(26)24-9-7-17(8-10-24)20(25)22-12-15-5-6-16-3-2-4-18(16)11-15/h5-6,11,13,17H,2-4,7-10,12H2,1H3,(H,22,25). The van der Waals surface area contributed by atoms with E-state index in [0.29, 0.717) is 43.8 Å². The third-order valence-electron chi connectivity index (χ3n) is 5.76. The van der Waals surface area contributed by atoms with Gasteiger partial charge in [0.1, 0.15) is 11.3 Å². The van der Waals surface area contributed by atoms with E-state index in [9.17, 15) is 9.59 Å². The highest BCUT2D eigenvalue weighted by molar-refractivity contribution is 5.95. The van der Waals surface area contributed by atoms with E-state index in [1.165, 1.54) is 35.7 Å². The molecule has 1 saturated heterocycles. The molecular weight excluding hydrogens is 342 g/mol. The van der Waals surface area contributed by atoms with E-state index in [1.807, 2.05) is 0 Å². The van der Waals surface area contributed by atoms with Crippen LogP contribution in [0.15, 0.2) is 28.9 Å². The maximum absolute atomic E-state index is 12.5. The van der Waals surface area contributed by atoms with Crippen LogP contribution in [0.5, 0.6) is 0 Å². The summed E-state index contributed by atoms with van der Waals surface area (Å²) >= 11 is 0. The lowest BCUT2D eigenvalue weighted by atomic mass is 9.95. The van der Waals surface area contributed by atoms with Crippen molar-refractivity contribution < 1.29 is 14.1 Å². The maximum atomic E-state index is 12.5. The zero-order valence-corrected chi connectivity index (χ0v) is 15.7. The molecule has 27 heavy (non-hydrogen) atoms. The Morgan fingerprint density at radius 3 is 2.74 bits per heavy atom.